The molecule has 1 heterocycles. The van der Waals surface area contributed by atoms with Crippen molar-refractivity contribution in [3.8, 4) is 0 Å². The average Bonchev–Trinajstić information content (AvgIpc) is 2.44. The van der Waals surface area contributed by atoms with E-state index in [2.05, 4.69) is 4.98 Å². The first-order chi connectivity index (χ1) is 10.7. The van der Waals surface area contributed by atoms with Gasteiger partial charge in [0.1, 0.15) is 13.1 Å². The van der Waals surface area contributed by atoms with Gasteiger partial charge >= 0.3 is 12.1 Å². The van der Waals surface area contributed by atoms with Gasteiger partial charge in [-0.05, 0) is 45.0 Å². The summed E-state index contributed by atoms with van der Waals surface area (Å²) in [4.78, 5) is 26.9. The van der Waals surface area contributed by atoms with Crippen LogP contribution < -0.4 is 0 Å². The molecule has 1 rings (SSSR count). The van der Waals surface area contributed by atoms with Crippen molar-refractivity contribution in [2.24, 2.45) is 0 Å². The highest BCUT2D eigenvalue weighted by molar-refractivity contribution is 6.40. The molecule has 0 spiro atoms. The van der Waals surface area contributed by atoms with Gasteiger partial charge in [0.25, 0.3) is 0 Å². The third kappa shape index (κ3) is 8.37. The van der Waals surface area contributed by atoms with E-state index in [1.807, 2.05) is 0 Å². The number of alkyl halides is 3. The predicted octanol–water partition coefficient (Wildman–Crippen LogP) is 2.91. The molecule has 126 valence electrons. The quantitative estimate of drug-likeness (QED) is 0.544. The van der Waals surface area contributed by atoms with Crippen molar-refractivity contribution in [3.05, 3.63) is 29.6 Å². The lowest BCUT2D eigenvalue weighted by Crippen LogP contribution is -2.18. The molecule has 0 N–H and O–H groups in total. The Balaban J connectivity index is 2.54. The number of pyridine rings is 1. The van der Waals surface area contributed by atoms with Crippen LogP contribution in [0.4, 0.5) is 13.2 Å². The number of aromatic nitrogens is 1. The fourth-order valence-electron chi connectivity index (χ4n) is 1.94. The van der Waals surface area contributed by atoms with Gasteiger partial charge in [-0.2, -0.15) is 13.2 Å². The van der Waals surface area contributed by atoms with Crippen LogP contribution in [0.3, 0.4) is 0 Å². The number of hydrogen-bond acceptors (Lipinski definition) is 4. The predicted molar refractivity (Wildman–Crippen MR) is 80.7 cm³/mol. The lowest BCUT2D eigenvalue weighted by atomic mass is 9.68. The highest BCUT2D eigenvalue weighted by Gasteiger charge is 2.28. The molecule has 0 aliphatic heterocycles. The molecular formula is C15H19BF3NO3. The number of halogens is 3. The maximum atomic E-state index is 12.1. The standard InChI is InChI=1S/C15H19BF3NO3/c1-10(21)8-16-9-13-7-12(4-6-20-13)14(22)23-11(2)3-5-15(17,18)19/h4,6-7,11,16H,3,5,8-9H2,1-2H3. The van der Waals surface area contributed by atoms with Gasteiger partial charge in [-0.3, -0.25) is 4.98 Å². The Kier molecular flexibility index (Phi) is 7.25. The van der Waals surface area contributed by atoms with Crippen molar-refractivity contribution in [2.75, 3.05) is 0 Å². The number of carbonyl (C=O) groups is 2. The van der Waals surface area contributed by atoms with Crippen molar-refractivity contribution in [3.63, 3.8) is 0 Å². The summed E-state index contributed by atoms with van der Waals surface area (Å²) in [7, 11) is 0.628. The van der Waals surface area contributed by atoms with Gasteiger partial charge < -0.3 is 9.53 Å². The first kappa shape index (κ1) is 19.2. The zero-order chi connectivity index (χ0) is 17.5. The average molecular weight is 329 g/mol. The van der Waals surface area contributed by atoms with Gasteiger partial charge in [-0.25, -0.2) is 4.79 Å². The highest BCUT2D eigenvalue weighted by atomic mass is 19.4. The molecule has 0 aromatic carbocycles. The number of ketones is 1. The fourth-order valence-corrected chi connectivity index (χ4v) is 1.94. The summed E-state index contributed by atoms with van der Waals surface area (Å²) in [5.74, 6) is -0.589. The molecule has 0 saturated carbocycles. The summed E-state index contributed by atoms with van der Waals surface area (Å²) >= 11 is 0. The molecule has 0 aliphatic carbocycles. The largest absolute Gasteiger partial charge is 0.459 e. The molecular weight excluding hydrogens is 310 g/mol. The fraction of sp³-hybridized carbons (Fsp3) is 0.533. The van der Waals surface area contributed by atoms with Crippen molar-refractivity contribution >= 4 is 19.0 Å². The van der Waals surface area contributed by atoms with Crippen LogP contribution in [0.2, 0.25) is 6.32 Å². The van der Waals surface area contributed by atoms with E-state index in [0.717, 1.165) is 0 Å². The van der Waals surface area contributed by atoms with Gasteiger partial charge in [-0.15, -0.1) is 0 Å². The van der Waals surface area contributed by atoms with Crippen LogP contribution >= 0.6 is 0 Å². The third-order valence-corrected chi connectivity index (χ3v) is 3.16. The zero-order valence-electron chi connectivity index (χ0n) is 13.2. The smallest absolute Gasteiger partial charge is 0.389 e. The Morgan fingerprint density at radius 3 is 2.70 bits per heavy atom. The summed E-state index contributed by atoms with van der Waals surface area (Å²) < 4.78 is 41.4. The number of carbonyl (C=O) groups excluding carboxylic acids is 2. The Morgan fingerprint density at radius 2 is 2.09 bits per heavy atom. The molecule has 1 unspecified atom stereocenters. The SMILES string of the molecule is CC(=O)CBCc1cc(C(=O)OC(C)CCC(F)(F)F)ccn1. The van der Waals surface area contributed by atoms with Gasteiger partial charge in [0, 0.05) is 18.3 Å². The van der Waals surface area contributed by atoms with E-state index in [4.69, 9.17) is 4.74 Å². The molecule has 0 amide bonds. The summed E-state index contributed by atoms with van der Waals surface area (Å²) in [6.45, 7) is 2.93. The van der Waals surface area contributed by atoms with Crippen LogP contribution in [-0.2, 0) is 15.9 Å². The minimum absolute atomic E-state index is 0.0825. The number of nitrogens with zero attached hydrogens (tertiary/aromatic N) is 1. The first-order valence-electron chi connectivity index (χ1n) is 7.39. The number of esters is 1. The lowest BCUT2D eigenvalue weighted by molar-refractivity contribution is -0.139. The van der Waals surface area contributed by atoms with Gasteiger partial charge in [0.05, 0.1) is 11.7 Å². The van der Waals surface area contributed by atoms with E-state index >= 15 is 0 Å². The van der Waals surface area contributed by atoms with E-state index in [1.54, 1.807) is 6.07 Å². The molecule has 0 bridgehead atoms. The summed E-state index contributed by atoms with van der Waals surface area (Å²) in [5, 5.41) is 0. The van der Waals surface area contributed by atoms with Gasteiger partial charge in [0.2, 0.25) is 0 Å². The summed E-state index contributed by atoms with van der Waals surface area (Å²) in [6, 6.07) is 2.99. The molecule has 0 saturated heterocycles. The van der Waals surface area contributed by atoms with Crippen LogP contribution in [-0.4, -0.2) is 36.3 Å². The van der Waals surface area contributed by atoms with Crippen molar-refractivity contribution in [1.29, 1.82) is 0 Å². The van der Waals surface area contributed by atoms with E-state index in [9.17, 15) is 22.8 Å². The van der Waals surface area contributed by atoms with E-state index in [0.29, 0.717) is 25.6 Å². The topological polar surface area (TPSA) is 56.3 Å². The molecule has 1 atom stereocenters. The highest BCUT2D eigenvalue weighted by Crippen LogP contribution is 2.23. The second-order valence-corrected chi connectivity index (χ2v) is 5.46. The lowest BCUT2D eigenvalue weighted by Gasteiger charge is -2.14. The summed E-state index contributed by atoms with van der Waals surface area (Å²) in [6.07, 6.45) is -3.92. The maximum absolute atomic E-state index is 12.1. The Morgan fingerprint density at radius 1 is 1.39 bits per heavy atom. The van der Waals surface area contributed by atoms with Gasteiger partial charge in [0.15, 0.2) is 0 Å². The van der Waals surface area contributed by atoms with E-state index < -0.39 is 24.7 Å². The molecule has 0 fully saturated rings. The monoisotopic (exact) mass is 329 g/mol. The van der Waals surface area contributed by atoms with Crippen LogP contribution in [0, 0.1) is 0 Å². The number of hydrogen-bond donors (Lipinski definition) is 0. The minimum atomic E-state index is -4.26. The zero-order valence-corrected chi connectivity index (χ0v) is 13.2. The molecule has 8 heteroatoms. The van der Waals surface area contributed by atoms with Gasteiger partial charge in [-0.1, -0.05) is 0 Å². The Bertz CT molecular complexity index is 549. The van der Waals surface area contributed by atoms with Crippen LogP contribution in [0.5, 0.6) is 0 Å². The van der Waals surface area contributed by atoms with Crippen molar-refractivity contribution in [2.45, 2.75) is 51.6 Å². The van der Waals surface area contributed by atoms with Crippen LogP contribution in [0.25, 0.3) is 0 Å². The third-order valence-electron chi connectivity index (χ3n) is 3.16. The summed E-state index contributed by atoms with van der Waals surface area (Å²) in [5.41, 5.74) is 0.889. The Hall–Kier alpha value is -1.86. The Labute approximate surface area is 133 Å². The number of Topliss-reactive ketones (excluding diaryl/α,β-unsaturated/α-hetero) is 1. The maximum Gasteiger partial charge on any atom is 0.389 e. The van der Waals surface area contributed by atoms with E-state index in [-0.39, 0.29) is 17.8 Å². The van der Waals surface area contributed by atoms with Crippen molar-refractivity contribution in [1.82, 2.24) is 4.98 Å². The second-order valence-electron chi connectivity index (χ2n) is 5.46. The molecule has 0 aliphatic rings. The normalized spacial score (nSPS) is 12.6. The number of rotatable bonds is 8. The van der Waals surface area contributed by atoms with Crippen LogP contribution in [0.1, 0.15) is 42.7 Å². The first-order valence-corrected chi connectivity index (χ1v) is 7.39. The molecule has 1 aromatic rings. The van der Waals surface area contributed by atoms with E-state index in [1.165, 1.54) is 26.1 Å². The molecule has 23 heavy (non-hydrogen) atoms. The minimum Gasteiger partial charge on any atom is -0.459 e. The molecule has 0 radical (unpaired) electrons. The van der Waals surface area contributed by atoms with Crippen molar-refractivity contribution < 1.29 is 27.5 Å². The number of ether oxygens (including phenoxy) is 1. The van der Waals surface area contributed by atoms with Crippen LogP contribution in [0.15, 0.2) is 18.3 Å². The second kappa shape index (κ2) is 8.69. The molecule has 4 nitrogen and oxygen atoms in total. The molecule has 1 aromatic heterocycles.